The van der Waals surface area contributed by atoms with Crippen molar-refractivity contribution in [2.24, 2.45) is 0 Å². The second-order valence-corrected chi connectivity index (χ2v) is 11.6. The number of halogens is 1. The summed E-state index contributed by atoms with van der Waals surface area (Å²) >= 11 is 6.08. The van der Waals surface area contributed by atoms with Crippen LogP contribution in [-0.4, -0.2) is 50.0 Å². The monoisotopic (exact) mass is 519 g/mol. The lowest BCUT2D eigenvalue weighted by atomic mass is 9.95. The summed E-state index contributed by atoms with van der Waals surface area (Å²) in [6, 6.07) is 13.3. The first-order valence-electron chi connectivity index (χ1n) is 11.9. The van der Waals surface area contributed by atoms with Gasteiger partial charge in [-0.1, -0.05) is 61.2 Å². The quantitative estimate of drug-likeness (QED) is 0.535. The van der Waals surface area contributed by atoms with Crippen LogP contribution in [0.3, 0.4) is 0 Å². The summed E-state index contributed by atoms with van der Waals surface area (Å²) in [7, 11) is -3.79. The van der Waals surface area contributed by atoms with E-state index in [1.807, 2.05) is 31.2 Å². The van der Waals surface area contributed by atoms with Crippen molar-refractivity contribution in [3.63, 3.8) is 0 Å². The average Bonchev–Trinajstić information content (AvgIpc) is 2.81. The van der Waals surface area contributed by atoms with Crippen LogP contribution in [0.2, 0.25) is 5.02 Å². The first-order chi connectivity index (χ1) is 16.6. The maximum absolute atomic E-state index is 13.6. The van der Waals surface area contributed by atoms with Gasteiger partial charge < -0.3 is 10.2 Å². The van der Waals surface area contributed by atoms with Crippen molar-refractivity contribution < 1.29 is 18.0 Å². The number of carbonyl (C=O) groups is 2. The number of hydrogen-bond acceptors (Lipinski definition) is 4. The largest absolute Gasteiger partial charge is 0.352 e. The maximum Gasteiger partial charge on any atom is 0.244 e. The number of hydrogen-bond donors (Lipinski definition) is 1. The Morgan fingerprint density at radius 2 is 1.77 bits per heavy atom. The van der Waals surface area contributed by atoms with Gasteiger partial charge >= 0.3 is 0 Å². The number of anilines is 1. The van der Waals surface area contributed by atoms with Crippen LogP contribution < -0.4 is 9.62 Å². The summed E-state index contributed by atoms with van der Waals surface area (Å²) in [5, 5.41) is 3.46. The Hall–Kier alpha value is -2.58. The SMILES string of the molecule is Cc1ccccc1CN(C(=O)CN(c1cccc(Cl)c1)S(C)(=O)=O)[C@@H](C)C(=O)NC1CCCCC1. The molecule has 0 bridgehead atoms. The van der Waals surface area contributed by atoms with Crippen molar-refractivity contribution >= 4 is 39.1 Å². The zero-order valence-electron chi connectivity index (χ0n) is 20.5. The van der Waals surface area contributed by atoms with Crippen molar-refractivity contribution in [3.05, 3.63) is 64.7 Å². The van der Waals surface area contributed by atoms with Crippen molar-refractivity contribution in [1.82, 2.24) is 10.2 Å². The van der Waals surface area contributed by atoms with E-state index in [0.29, 0.717) is 10.7 Å². The van der Waals surface area contributed by atoms with Gasteiger partial charge in [-0.25, -0.2) is 8.42 Å². The number of amides is 2. The van der Waals surface area contributed by atoms with Crippen molar-refractivity contribution in [2.75, 3.05) is 17.1 Å². The van der Waals surface area contributed by atoms with Crippen molar-refractivity contribution in [1.29, 1.82) is 0 Å². The van der Waals surface area contributed by atoms with E-state index in [-0.39, 0.29) is 18.5 Å². The van der Waals surface area contributed by atoms with Crippen LogP contribution in [0.1, 0.15) is 50.2 Å². The summed E-state index contributed by atoms with van der Waals surface area (Å²) in [5.41, 5.74) is 2.18. The Kier molecular flexibility index (Phi) is 9.19. The fourth-order valence-corrected chi connectivity index (χ4v) is 5.39. The van der Waals surface area contributed by atoms with Crippen molar-refractivity contribution in [2.45, 2.75) is 64.6 Å². The molecule has 2 aromatic carbocycles. The number of carbonyl (C=O) groups excluding carboxylic acids is 2. The second kappa shape index (κ2) is 11.9. The van der Waals surface area contributed by atoms with E-state index >= 15 is 0 Å². The van der Waals surface area contributed by atoms with Gasteiger partial charge in [0.1, 0.15) is 12.6 Å². The molecule has 0 aliphatic heterocycles. The fraction of sp³-hybridized carbons (Fsp3) is 0.462. The predicted octanol–water partition coefficient (Wildman–Crippen LogP) is 4.28. The van der Waals surface area contributed by atoms with Gasteiger partial charge in [-0.05, 0) is 56.0 Å². The fourth-order valence-electron chi connectivity index (χ4n) is 4.37. The Bertz CT molecular complexity index is 1150. The summed E-state index contributed by atoms with van der Waals surface area (Å²) < 4.78 is 26.3. The molecule has 2 amide bonds. The van der Waals surface area contributed by atoms with Crippen LogP contribution in [0.4, 0.5) is 5.69 Å². The van der Waals surface area contributed by atoms with E-state index in [4.69, 9.17) is 11.6 Å². The zero-order valence-corrected chi connectivity index (χ0v) is 22.1. The molecule has 0 radical (unpaired) electrons. The summed E-state index contributed by atoms with van der Waals surface area (Å²) in [6.07, 6.45) is 6.24. The van der Waals surface area contributed by atoms with Crippen LogP contribution in [0.25, 0.3) is 0 Å². The third kappa shape index (κ3) is 7.45. The minimum absolute atomic E-state index is 0.105. The highest BCUT2D eigenvalue weighted by Crippen LogP contribution is 2.23. The molecule has 0 heterocycles. The molecule has 1 aliphatic carbocycles. The minimum atomic E-state index is -3.79. The Morgan fingerprint density at radius 1 is 1.09 bits per heavy atom. The molecule has 1 atom stereocenters. The summed E-state index contributed by atoms with van der Waals surface area (Å²) in [6.45, 7) is 3.39. The highest BCUT2D eigenvalue weighted by Gasteiger charge is 2.31. The molecule has 190 valence electrons. The number of nitrogens with zero attached hydrogens (tertiary/aromatic N) is 2. The number of benzene rings is 2. The molecular weight excluding hydrogens is 486 g/mol. The van der Waals surface area contributed by atoms with Crippen LogP contribution in [0, 0.1) is 6.92 Å². The van der Waals surface area contributed by atoms with Gasteiger partial charge in [0, 0.05) is 17.6 Å². The number of nitrogens with one attached hydrogen (secondary N) is 1. The molecule has 1 saturated carbocycles. The molecule has 0 aromatic heterocycles. The van der Waals surface area contributed by atoms with Crippen LogP contribution >= 0.6 is 11.6 Å². The molecule has 1 N–H and O–H groups in total. The van der Waals surface area contributed by atoms with Gasteiger partial charge in [-0.15, -0.1) is 0 Å². The Balaban J connectivity index is 1.88. The van der Waals surface area contributed by atoms with Crippen LogP contribution in [0.15, 0.2) is 48.5 Å². The van der Waals surface area contributed by atoms with E-state index in [1.54, 1.807) is 25.1 Å². The molecule has 2 aromatic rings. The number of sulfonamides is 1. The highest BCUT2D eigenvalue weighted by atomic mass is 35.5. The normalized spacial score (nSPS) is 15.3. The van der Waals surface area contributed by atoms with E-state index in [2.05, 4.69) is 5.32 Å². The second-order valence-electron chi connectivity index (χ2n) is 9.22. The first kappa shape index (κ1) is 27.0. The smallest absolute Gasteiger partial charge is 0.244 e. The predicted molar refractivity (Wildman–Crippen MR) is 140 cm³/mol. The third-order valence-corrected chi connectivity index (χ3v) is 7.87. The van der Waals surface area contributed by atoms with Gasteiger partial charge in [0.05, 0.1) is 11.9 Å². The van der Waals surface area contributed by atoms with Gasteiger partial charge in [-0.2, -0.15) is 0 Å². The van der Waals surface area contributed by atoms with E-state index in [0.717, 1.165) is 47.4 Å². The molecule has 0 saturated heterocycles. The lowest BCUT2D eigenvalue weighted by molar-refractivity contribution is -0.139. The van der Waals surface area contributed by atoms with Crippen LogP contribution in [0.5, 0.6) is 0 Å². The van der Waals surface area contributed by atoms with Gasteiger partial charge in [0.15, 0.2) is 0 Å². The van der Waals surface area contributed by atoms with Crippen LogP contribution in [-0.2, 0) is 26.2 Å². The lowest BCUT2D eigenvalue weighted by Crippen LogP contribution is -2.53. The molecular formula is C26H34ClN3O4S. The van der Waals surface area contributed by atoms with Gasteiger partial charge in [0.25, 0.3) is 0 Å². The molecule has 0 unspecified atom stereocenters. The van der Waals surface area contributed by atoms with Gasteiger partial charge in [0.2, 0.25) is 21.8 Å². The molecule has 0 spiro atoms. The molecule has 1 aliphatic rings. The highest BCUT2D eigenvalue weighted by molar-refractivity contribution is 7.92. The molecule has 35 heavy (non-hydrogen) atoms. The summed E-state index contributed by atoms with van der Waals surface area (Å²) in [4.78, 5) is 28.3. The molecule has 3 rings (SSSR count). The first-order valence-corrected chi connectivity index (χ1v) is 14.2. The van der Waals surface area contributed by atoms with E-state index in [9.17, 15) is 18.0 Å². The Morgan fingerprint density at radius 3 is 2.40 bits per heavy atom. The average molecular weight is 520 g/mol. The van der Waals surface area contributed by atoms with E-state index < -0.39 is 28.5 Å². The third-order valence-electron chi connectivity index (χ3n) is 6.50. The topological polar surface area (TPSA) is 86.8 Å². The zero-order chi connectivity index (χ0) is 25.6. The summed E-state index contributed by atoms with van der Waals surface area (Å²) in [5.74, 6) is -0.697. The molecule has 1 fully saturated rings. The maximum atomic E-state index is 13.6. The van der Waals surface area contributed by atoms with Gasteiger partial charge in [-0.3, -0.25) is 13.9 Å². The number of rotatable bonds is 9. The molecule has 7 nitrogen and oxygen atoms in total. The van der Waals surface area contributed by atoms with Crippen molar-refractivity contribution in [3.8, 4) is 0 Å². The standard InChI is InChI=1S/C26H34ClN3O4S/c1-19-10-7-8-11-21(19)17-29(20(2)26(32)28-23-13-5-4-6-14-23)25(31)18-30(35(3,33)34)24-15-9-12-22(27)16-24/h7-12,15-16,20,23H,4-6,13-14,17-18H2,1-3H3,(H,28,32)/t20-/m0/s1. The van der Waals surface area contributed by atoms with E-state index in [1.165, 1.54) is 17.4 Å². The minimum Gasteiger partial charge on any atom is -0.352 e. The lowest BCUT2D eigenvalue weighted by Gasteiger charge is -2.33. The Labute approximate surface area is 213 Å². The number of aryl methyl sites for hydroxylation is 1. The molecule has 9 heteroatoms.